The van der Waals surface area contributed by atoms with Crippen molar-refractivity contribution in [3.63, 3.8) is 0 Å². The lowest BCUT2D eigenvalue weighted by atomic mass is 9.92. The molecule has 0 saturated carbocycles. The van der Waals surface area contributed by atoms with Crippen molar-refractivity contribution in [3.8, 4) is 0 Å². The minimum atomic E-state index is -0.851. The first kappa shape index (κ1) is 14.8. The molecule has 2 aromatic rings. The Labute approximate surface area is 120 Å². The van der Waals surface area contributed by atoms with E-state index in [4.69, 9.17) is 0 Å². The van der Waals surface area contributed by atoms with Crippen LogP contribution in [-0.4, -0.2) is 16.3 Å². The molecule has 0 saturated heterocycles. The highest BCUT2D eigenvalue weighted by molar-refractivity contribution is 5.38. The molecule has 2 nitrogen and oxygen atoms in total. The Hall–Kier alpha value is -1.64. The van der Waals surface area contributed by atoms with Gasteiger partial charge in [-0.15, -0.1) is 0 Å². The number of rotatable bonds is 4. The smallest absolute Gasteiger partial charge is 0.105 e. The van der Waals surface area contributed by atoms with Crippen LogP contribution in [0.1, 0.15) is 33.9 Å². The van der Waals surface area contributed by atoms with Crippen molar-refractivity contribution in [3.05, 3.63) is 70.3 Å². The van der Waals surface area contributed by atoms with Crippen LogP contribution in [0.3, 0.4) is 0 Å². The Kier molecular flexibility index (Phi) is 4.58. The zero-order valence-corrected chi connectivity index (χ0v) is 12.3. The van der Waals surface area contributed by atoms with E-state index in [1.807, 2.05) is 30.3 Å². The highest BCUT2D eigenvalue weighted by atomic mass is 16.3. The summed E-state index contributed by atoms with van der Waals surface area (Å²) < 4.78 is 0. The van der Waals surface area contributed by atoms with Gasteiger partial charge < -0.3 is 10.2 Å². The summed E-state index contributed by atoms with van der Waals surface area (Å²) >= 11 is 0. The van der Waals surface area contributed by atoms with Crippen LogP contribution in [-0.2, 0) is 6.42 Å². The fourth-order valence-electron chi connectivity index (χ4n) is 2.73. The van der Waals surface area contributed by atoms with Gasteiger partial charge in [0.05, 0.1) is 6.10 Å². The molecular formula is C18H22O2. The highest BCUT2D eigenvalue weighted by Crippen LogP contribution is 2.23. The second-order valence-electron chi connectivity index (χ2n) is 5.50. The van der Waals surface area contributed by atoms with E-state index in [9.17, 15) is 10.2 Å². The Morgan fingerprint density at radius 3 is 2.00 bits per heavy atom. The zero-order valence-electron chi connectivity index (χ0n) is 12.3. The maximum absolute atomic E-state index is 10.3. The number of aliphatic hydroxyl groups excluding tert-OH is 2. The van der Waals surface area contributed by atoms with Crippen LogP contribution in [0, 0.1) is 20.8 Å². The molecule has 0 amide bonds. The monoisotopic (exact) mass is 270 g/mol. The fourth-order valence-corrected chi connectivity index (χ4v) is 2.73. The third-order valence-electron chi connectivity index (χ3n) is 3.76. The molecule has 2 atom stereocenters. The van der Waals surface area contributed by atoms with Crippen molar-refractivity contribution >= 4 is 0 Å². The van der Waals surface area contributed by atoms with Gasteiger partial charge in [-0.3, -0.25) is 0 Å². The molecule has 106 valence electrons. The van der Waals surface area contributed by atoms with Crippen LogP contribution < -0.4 is 0 Å². The Balaban J connectivity index is 2.18. The molecule has 2 N–H and O–H groups in total. The molecule has 2 aromatic carbocycles. The maximum atomic E-state index is 10.3. The lowest BCUT2D eigenvalue weighted by molar-refractivity contribution is 0.0188. The number of benzene rings is 2. The van der Waals surface area contributed by atoms with Gasteiger partial charge in [0.1, 0.15) is 6.10 Å². The van der Waals surface area contributed by atoms with Crippen LogP contribution in [0.15, 0.2) is 42.5 Å². The molecule has 0 fully saturated rings. The molecule has 2 rings (SSSR count). The third-order valence-corrected chi connectivity index (χ3v) is 3.76. The molecule has 0 aliphatic heterocycles. The minimum absolute atomic E-state index is 0.466. The molecule has 0 spiro atoms. The van der Waals surface area contributed by atoms with E-state index in [-0.39, 0.29) is 0 Å². The topological polar surface area (TPSA) is 40.5 Å². The second kappa shape index (κ2) is 6.21. The van der Waals surface area contributed by atoms with Crippen molar-refractivity contribution in [2.75, 3.05) is 0 Å². The Bertz CT molecular complexity index is 552. The predicted octanol–water partition coefficient (Wildman–Crippen LogP) is 3.25. The Morgan fingerprint density at radius 1 is 0.900 bits per heavy atom. The van der Waals surface area contributed by atoms with Crippen LogP contribution in [0.2, 0.25) is 0 Å². The normalized spacial score (nSPS) is 14.1. The van der Waals surface area contributed by atoms with Crippen molar-refractivity contribution < 1.29 is 10.2 Å². The lowest BCUT2D eigenvalue weighted by Gasteiger charge is -2.20. The van der Waals surface area contributed by atoms with Gasteiger partial charge in [0.2, 0.25) is 0 Å². The van der Waals surface area contributed by atoms with E-state index in [1.54, 1.807) is 0 Å². The second-order valence-corrected chi connectivity index (χ2v) is 5.50. The van der Waals surface area contributed by atoms with E-state index in [2.05, 4.69) is 32.9 Å². The molecule has 0 aliphatic carbocycles. The molecule has 0 aliphatic rings. The largest absolute Gasteiger partial charge is 0.390 e. The van der Waals surface area contributed by atoms with Crippen LogP contribution in [0.25, 0.3) is 0 Å². The van der Waals surface area contributed by atoms with Gasteiger partial charge in [-0.05, 0) is 43.0 Å². The maximum Gasteiger partial charge on any atom is 0.105 e. The van der Waals surface area contributed by atoms with Crippen LogP contribution in [0.4, 0.5) is 0 Å². The average Bonchev–Trinajstić information content (AvgIpc) is 2.42. The molecule has 2 unspecified atom stereocenters. The zero-order chi connectivity index (χ0) is 14.7. The number of hydrogen-bond donors (Lipinski definition) is 2. The highest BCUT2D eigenvalue weighted by Gasteiger charge is 2.20. The first-order valence-electron chi connectivity index (χ1n) is 6.97. The number of aliphatic hydroxyl groups is 2. The molecular weight excluding hydrogens is 248 g/mol. The first-order chi connectivity index (χ1) is 9.49. The van der Waals surface area contributed by atoms with Gasteiger partial charge in [0.25, 0.3) is 0 Å². The molecule has 20 heavy (non-hydrogen) atoms. The van der Waals surface area contributed by atoms with E-state index in [0.717, 1.165) is 11.1 Å². The quantitative estimate of drug-likeness (QED) is 0.895. The summed E-state index contributed by atoms with van der Waals surface area (Å²) in [5.74, 6) is 0. The predicted molar refractivity (Wildman–Crippen MR) is 81.8 cm³/mol. The average molecular weight is 270 g/mol. The molecule has 0 aromatic heterocycles. The minimum Gasteiger partial charge on any atom is -0.390 e. The van der Waals surface area contributed by atoms with E-state index in [1.165, 1.54) is 16.7 Å². The molecule has 0 radical (unpaired) electrons. The summed E-state index contributed by atoms with van der Waals surface area (Å²) in [6, 6.07) is 13.5. The van der Waals surface area contributed by atoms with Gasteiger partial charge in [-0.2, -0.15) is 0 Å². The van der Waals surface area contributed by atoms with Crippen LogP contribution in [0.5, 0.6) is 0 Å². The summed E-state index contributed by atoms with van der Waals surface area (Å²) in [4.78, 5) is 0. The fraction of sp³-hybridized carbons (Fsp3) is 0.333. The molecule has 0 heterocycles. The van der Waals surface area contributed by atoms with Gasteiger partial charge in [0.15, 0.2) is 0 Å². The number of aryl methyl sites for hydroxylation is 3. The van der Waals surface area contributed by atoms with Gasteiger partial charge in [-0.25, -0.2) is 0 Å². The van der Waals surface area contributed by atoms with Gasteiger partial charge in [-0.1, -0.05) is 48.0 Å². The summed E-state index contributed by atoms with van der Waals surface area (Å²) in [5.41, 5.74) is 5.44. The lowest BCUT2D eigenvalue weighted by Crippen LogP contribution is -2.21. The van der Waals surface area contributed by atoms with E-state index < -0.39 is 12.2 Å². The molecule has 0 bridgehead atoms. The Morgan fingerprint density at radius 2 is 1.45 bits per heavy atom. The van der Waals surface area contributed by atoms with E-state index in [0.29, 0.717) is 6.42 Å². The summed E-state index contributed by atoms with van der Waals surface area (Å²) in [7, 11) is 0. The SMILES string of the molecule is Cc1cc(C)c(CC(O)C(O)c2ccccc2)c(C)c1. The van der Waals surface area contributed by atoms with Crippen molar-refractivity contribution in [1.82, 2.24) is 0 Å². The van der Waals surface area contributed by atoms with Crippen LogP contribution >= 0.6 is 0 Å². The van der Waals surface area contributed by atoms with Crippen molar-refractivity contribution in [1.29, 1.82) is 0 Å². The molecule has 2 heteroatoms. The summed E-state index contributed by atoms with van der Waals surface area (Å²) in [6.45, 7) is 6.17. The first-order valence-corrected chi connectivity index (χ1v) is 6.97. The summed E-state index contributed by atoms with van der Waals surface area (Å²) in [5, 5.41) is 20.5. The van der Waals surface area contributed by atoms with Crippen molar-refractivity contribution in [2.24, 2.45) is 0 Å². The standard InChI is InChI=1S/C18H22O2/c1-12-9-13(2)16(14(3)10-12)11-17(19)18(20)15-7-5-4-6-8-15/h4-10,17-20H,11H2,1-3H3. The third kappa shape index (κ3) is 3.27. The van der Waals surface area contributed by atoms with Crippen molar-refractivity contribution in [2.45, 2.75) is 39.4 Å². The van der Waals surface area contributed by atoms with Gasteiger partial charge >= 0.3 is 0 Å². The number of hydrogen-bond acceptors (Lipinski definition) is 2. The van der Waals surface area contributed by atoms with E-state index >= 15 is 0 Å². The summed E-state index contributed by atoms with van der Waals surface area (Å²) in [6.07, 6.45) is -1.18. The van der Waals surface area contributed by atoms with Gasteiger partial charge in [0, 0.05) is 6.42 Å².